The van der Waals surface area contributed by atoms with Gasteiger partial charge in [-0.15, -0.1) is 11.3 Å². The zero-order chi connectivity index (χ0) is 14.0. The zero-order valence-corrected chi connectivity index (χ0v) is 10.8. The lowest BCUT2D eigenvalue weighted by Crippen LogP contribution is -2.13. The van der Waals surface area contributed by atoms with Crippen LogP contribution in [0.4, 0.5) is 10.1 Å². The van der Waals surface area contributed by atoms with Gasteiger partial charge in [0, 0.05) is 5.56 Å². The Kier molecular flexibility index (Phi) is 3.62. The molecule has 19 heavy (non-hydrogen) atoms. The number of halogens is 1. The van der Waals surface area contributed by atoms with Gasteiger partial charge in [0.2, 0.25) is 0 Å². The van der Waals surface area contributed by atoms with Crippen molar-refractivity contribution in [1.82, 2.24) is 0 Å². The quantitative estimate of drug-likeness (QED) is 0.907. The van der Waals surface area contributed by atoms with Crippen LogP contribution in [0.5, 0.6) is 0 Å². The van der Waals surface area contributed by atoms with Crippen molar-refractivity contribution in [1.29, 1.82) is 0 Å². The van der Waals surface area contributed by atoms with Crippen molar-refractivity contribution in [3.8, 4) is 0 Å². The average Bonchev–Trinajstić information content (AvgIpc) is 2.80. The van der Waals surface area contributed by atoms with Crippen molar-refractivity contribution >= 4 is 28.9 Å². The second-order valence-corrected chi connectivity index (χ2v) is 4.80. The fraction of sp³-hybridized carbons (Fsp3) is 0.0769. The maximum Gasteiger partial charge on any atom is 0.348 e. The highest BCUT2D eigenvalue weighted by Gasteiger charge is 2.15. The van der Waals surface area contributed by atoms with Crippen molar-refractivity contribution in [2.75, 3.05) is 5.32 Å². The minimum Gasteiger partial charge on any atom is -0.477 e. The predicted molar refractivity (Wildman–Crippen MR) is 70.4 cm³/mol. The molecule has 0 saturated carbocycles. The van der Waals surface area contributed by atoms with Crippen molar-refractivity contribution in [2.45, 2.75) is 6.92 Å². The van der Waals surface area contributed by atoms with Crippen molar-refractivity contribution in [3.63, 3.8) is 0 Å². The molecule has 2 aromatic rings. The van der Waals surface area contributed by atoms with Crippen LogP contribution in [0.1, 0.15) is 25.6 Å². The van der Waals surface area contributed by atoms with E-state index in [0.717, 1.165) is 11.3 Å². The Labute approximate surface area is 112 Å². The number of hydrogen-bond acceptors (Lipinski definition) is 3. The van der Waals surface area contributed by atoms with Gasteiger partial charge in [0.05, 0.1) is 5.69 Å². The monoisotopic (exact) mass is 279 g/mol. The van der Waals surface area contributed by atoms with E-state index in [1.54, 1.807) is 12.3 Å². The minimum absolute atomic E-state index is 0.0622. The zero-order valence-electron chi connectivity index (χ0n) is 9.94. The van der Waals surface area contributed by atoms with E-state index < -0.39 is 17.7 Å². The minimum atomic E-state index is -1.10. The molecule has 0 aliphatic heterocycles. The highest BCUT2D eigenvalue weighted by molar-refractivity contribution is 7.12. The molecular weight excluding hydrogens is 269 g/mol. The predicted octanol–water partition coefficient (Wildman–Crippen LogP) is 3.15. The smallest absolute Gasteiger partial charge is 0.348 e. The van der Waals surface area contributed by atoms with Gasteiger partial charge in [-0.2, -0.15) is 0 Å². The second kappa shape index (κ2) is 5.19. The summed E-state index contributed by atoms with van der Waals surface area (Å²) < 4.78 is 13.1. The number of carboxylic acids is 1. The molecule has 0 radical (unpaired) electrons. The van der Waals surface area contributed by atoms with Crippen molar-refractivity contribution in [2.24, 2.45) is 0 Å². The largest absolute Gasteiger partial charge is 0.477 e. The van der Waals surface area contributed by atoms with Crippen LogP contribution in [-0.2, 0) is 0 Å². The topological polar surface area (TPSA) is 66.4 Å². The van der Waals surface area contributed by atoms with Gasteiger partial charge < -0.3 is 10.4 Å². The van der Waals surface area contributed by atoms with Gasteiger partial charge in [-0.25, -0.2) is 9.18 Å². The Hall–Kier alpha value is -2.21. The Bertz CT molecular complexity index is 651. The molecule has 2 rings (SSSR count). The van der Waals surface area contributed by atoms with E-state index >= 15 is 0 Å². The summed E-state index contributed by atoms with van der Waals surface area (Å²) in [6, 6.07) is 5.49. The lowest BCUT2D eigenvalue weighted by Gasteiger charge is -2.05. The molecule has 0 aliphatic carbocycles. The fourth-order valence-corrected chi connectivity index (χ4v) is 2.24. The lowest BCUT2D eigenvalue weighted by atomic mass is 10.1. The first-order valence-corrected chi connectivity index (χ1v) is 6.25. The Morgan fingerprint density at radius 1 is 1.32 bits per heavy atom. The number of benzene rings is 1. The van der Waals surface area contributed by atoms with E-state index in [-0.39, 0.29) is 16.1 Å². The lowest BCUT2D eigenvalue weighted by molar-refractivity contribution is 0.0703. The number of carbonyl (C=O) groups is 2. The van der Waals surface area contributed by atoms with Crippen molar-refractivity contribution in [3.05, 3.63) is 51.5 Å². The van der Waals surface area contributed by atoms with Crippen LogP contribution in [0, 0.1) is 12.7 Å². The number of carboxylic acid groups (broad SMARTS) is 1. The third-order valence-corrected chi connectivity index (χ3v) is 3.43. The van der Waals surface area contributed by atoms with Crippen LogP contribution in [0.15, 0.2) is 29.6 Å². The summed E-state index contributed by atoms with van der Waals surface area (Å²) in [4.78, 5) is 22.9. The average molecular weight is 279 g/mol. The first-order valence-electron chi connectivity index (χ1n) is 5.37. The van der Waals surface area contributed by atoms with E-state index in [9.17, 15) is 14.0 Å². The van der Waals surface area contributed by atoms with Crippen LogP contribution >= 0.6 is 11.3 Å². The number of amides is 1. The number of aromatic carboxylic acids is 1. The molecule has 1 amide bonds. The number of anilines is 1. The molecule has 0 aliphatic rings. The van der Waals surface area contributed by atoms with E-state index in [4.69, 9.17) is 5.11 Å². The van der Waals surface area contributed by atoms with Crippen LogP contribution in [0.2, 0.25) is 0 Å². The van der Waals surface area contributed by atoms with E-state index in [1.165, 1.54) is 24.3 Å². The highest BCUT2D eigenvalue weighted by Crippen LogP contribution is 2.23. The van der Waals surface area contributed by atoms with Gasteiger partial charge >= 0.3 is 5.97 Å². The summed E-state index contributed by atoms with van der Waals surface area (Å²) in [5.74, 6) is -1.96. The standard InChI is InChI=1S/C13H10FNO3S/c1-7-6-8(2-3-9(7)14)12(16)15-10-4-5-19-11(10)13(17)18/h2-6H,1H3,(H,15,16)(H,17,18). The third-order valence-electron chi connectivity index (χ3n) is 2.53. The molecule has 2 N–H and O–H groups in total. The molecule has 1 heterocycles. The molecular formula is C13H10FNO3S. The Balaban J connectivity index is 2.23. The first-order chi connectivity index (χ1) is 8.99. The highest BCUT2D eigenvalue weighted by atomic mass is 32.1. The third kappa shape index (κ3) is 2.79. The van der Waals surface area contributed by atoms with E-state index in [2.05, 4.69) is 5.32 Å². The number of aryl methyl sites for hydroxylation is 1. The van der Waals surface area contributed by atoms with Gasteiger partial charge in [0.15, 0.2) is 0 Å². The van der Waals surface area contributed by atoms with Gasteiger partial charge in [-0.3, -0.25) is 4.79 Å². The van der Waals surface area contributed by atoms with Gasteiger partial charge in [-0.1, -0.05) is 0 Å². The SMILES string of the molecule is Cc1cc(C(=O)Nc2ccsc2C(=O)O)ccc1F. The molecule has 0 spiro atoms. The number of hydrogen-bond donors (Lipinski definition) is 2. The van der Waals surface area contributed by atoms with Crippen molar-refractivity contribution < 1.29 is 19.1 Å². The molecule has 0 saturated heterocycles. The molecule has 98 valence electrons. The molecule has 0 unspecified atom stereocenters. The van der Waals surface area contributed by atoms with Crippen LogP contribution in [0.25, 0.3) is 0 Å². The summed E-state index contributed by atoms with van der Waals surface area (Å²) in [6.45, 7) is 1.55. The summed E-state index contributed by atoms with van der Waals surface area (Å²) in [6.07, 6.45) is 0. The molecule has 4 nitrogen and oxygen atoms in total. The summed E-state index contributed by atoms with van der Waals surface area (Å²) in [7, 11) is 0. The van der Waals surface area contributed by atoms with Crippen LogP contribution in [-0.4, -0.2) is 17.0 Å². The first kappa shape index (κ1) is 13.2. The number of thiophene rings is 1. The van der Waals surface area contributed by atoms with Crippen LogP contribution in [0.3, 0.4) is 0 Å². The number of rotatable bonds is 3. The summed E-state index contributed by atoms with van der Waals surface area (Å²) in [5.41, 5.74) is 0.877. The maximum atomic E-state index is 13.1. The molecule has 1 aromatic carbocycles. The molecule has 0 bridgehead atoms. The molecule has 6 heteroatoms. The molecule has 0 fully saturated rings. The summed E-state index contributed by atoms with van der Waals surface area (Å²) in [5, 5.41) is 13.0. The van der Waals surface area contributed by atoms with Crippen LogP contribution < -0.4 is 5.32 Å². The number of carbonyl (C=O) groups excluding carboxylic acids is 1. The maximum absolute atomic E-state index is 13.1. The molecule has 0 atom stereocenters. The van der Waals surface area contributed by atoms with Gasteiger partial charge in [0.1, 0.15) is 10.7 Å². The summed E-state index contributed by atoms with van der Waals surface area (Å²) >= 11 is 1.03. The fourth-order valence-electron chi connectivity index (χ4n) is 1.55. The Morgan fingerprint density at radius 2 is 2.05 bits per heavy atom. The number of nitrogens with one attached hydrogen (secondary N) is 1. The van der Waals surface area contributed by atoms with Gasteiger partial charge in [-0.05, 0) is 42.1 Å². The van der Waals surface area contributed by atoms with Gasteiger partial charge in [0.25, 0.3) is 5.91 Å². The normalized spacial score (nSPS) is 10.2. The molecule has 1 aromatic heterocycles. The Morgan fingerprint density at radius 3 is 2.68 bits per heavy atom. The second-order valence-electron chi connectivity index (χ2n) is 3.89. The van der Waals surface area contributed by atoms with E-state index in [0.29, 0.717) is 5.56 Å². The van der Waals surface area contributed by atoms with E-state index in [1.807, 2.05) is 0 Å².